The maximum absolute atomic E-state index is 13.4. The van der Waals surface area contributed by atoms with Gasteiger partial charge < -0.3 is 15.8 Å². The molecule has 55 heavy (non-hydrogen) atoms. The molecular formula is C33H31B2Br2Cl5F2N3O6S2. The van der Waals surface area contributed by atoms with E-state index in [1.165, 1.54) is 36.4 Å². The number of rotatable bonds is 6. The fourth-order valence-electron chi connectivity index (χ4n) is 3.65. The summed E-state index contributed by atoms with van der Waals surface area (Å²) in [6.07, 6.45) is 2.13. The summed E-state index contributed by atoms with van der Waals surface area (Å²) in [7, 11) is -8.25. The molecular weight excluding hydrogens is 995 g/mol. The lowest BCUT2D eigenvalue weighted by Crippen LogP contribution is -2.29. The number of hydrogen-bond donors (Lipinski definition) is 5. The molecule has 0 aromatic heterocycles. The smallest absolute Gasteiger partial charge is 0.423 e. The zero-order chi connectivity index (χ0) is 40.3. The Morgan fingerprint density at radius 1 is 0.618 bits per heavy atom. The zero-order valence-corrected chi connectivity index (χ0v) is 36.2. The molecule has 295 valence electrons. The van der Waals surface area contributed by atoms with Gasteiger partial charge in [0, 0.05) is 34.3 Å². The Hall–Kier alpha value is -2.28. The van der Waals surface area contributed by atoms with Crippen LogP contribution in [0.5, 0.6) is 0 Å². The maximum Gasteiger partial charge on any atom is 0.488 e. The van der Waals surface area contributed by atoms with Crippen molar-refractivity contribution in [2.24, 2.45) is 0 Å². The van der Waals surface area contributed by atoms with Gasteiger partial charge in [-0.25, -0.2) is 25.6 Å². The molecule has 22 heteroatoms. The molecule has 0 aliphatic rings. The Labute approximate surface area is 363 Å². The van der Waals surface area contributed by atoms with Crippen LogP contribution in [0.3, 0.4) is 0 Å². The van der Waals surface area contributed by atoms with Crippen LogP contribution in [-0.2, 0) is 20.0 Å². The van der Waals surface area contributed by atoms with E-state index in [2.05, 4.69) is 41.3 Å². The third-order valence-electron chi connectivity index (χ3n) is 5.91. The first-order valence-corrected chi connectivity index (χ1v) is 21.4. The van der Waals surface area contributed by atoms with Gasteiger partial charge in [0.2, 0.25) is 20.0 Å². The molecule has 5 aromatic rings. The third kappa shape index (κ3) is 19.6. The van der Waals surface area contributed by atoms with Crippen LogP contribution >= 0.6 is 89.9 Å². The highest BCUT2D eigenvalue weighted by atomic mass is 79.9. The van der Waals surface area contributed by atoms with Crippen LogP contribution in [0.1, 0.15) is 7.43 Å². The minimum Gasteiger partial charge on any atom is -0.423 e. The fraction of sp³-hybridized carbons (Fsp3) is 0.0909. The molecule has 0 saturated carbocycles. The second-order valence-corrected chi connectivity index (χ2v) is 17.7. The number of anilines is 3. The third-order valence-corrected chi connectivity index (χ3v) is 10.5. The molecule has 0 spiro atoms. The summed E-state index contributed by atoms with van der Waals surface area (Å²) in [6, 6.07) is 22.7. The first kappa shape index (κ1) is 52.7. The molecule has 5 rings (SSSR count). The fourth-order valence-corrected chi connectivity index (χ4v) is 6.15. The highest BCUT2D eigenvalue weighted by Gasteiger charge is 2.12. The van der Waals surface area contributed by atoms with Gasteiger partial charge in [-0.1, -0.05) is 83.6 Å². The Morgan fingerprint density at radius 3 is 1.45 bits per heavy atom. The van der Waals surface area contributed by atoms with Crippen LogP contribution < -0.4 is 20.6 Å². The van der Waals surface area contributed by atoms with Crippen molar-refractivity contribution < 1.29 is 35.7 Å². The normalized spacial score (nSPS) is 10.3. The quantitative estimate of drug-likeness (QED) is 0.0837. The average molecular weight is 1030 g/mol. The average Bonchev–Trinajstić information content (AvgIpc) is 3.03. The summed E-state index contributed by atoms with van der Waals surface area (Å²) >= 11 is 35.0. The van der Waals surface area contributed by atoms with Crippen molar-refractivity contribution in [2.75, 3.05) is 27.7 Å². The van der Waals surface area contributed by atoms with E-state index in [4.69, 9.17) is 73.8 Å². The van der Waals surface area contributed by atoms with Gasteiger partial charge in [-0.2, -0.15) is 0 Å². The van der Waals surface area contributed by atoms with E-state index in [9.17, 15) is 25.6 Å². The van der Waals surface area contributed by atoms with Gasteiger partial charge in [-0.3, -0.25) is 9.44 Å². The van der Waals surface area contributed by atoms with Gasteiger partial charge in [0.25, 0.3) is 0 Å². The number of hydrogen-bond acceptors (Lipinski definition) is 7. The molecule has 0 heterocycles. The van der Waals surface area contributed by atoms with Crippen LogP contribution in [0.2, 0.25) is 25.1 Å². The van der Waals surface area contributed by atoms with E-state index < -0.39 is 38.8 Å². The van der Waals surface area contributed by atoms with Gasteiger partial charge in [0.05, 0.1) is 43.3 Å². The van der Waals surface area contributed by atoms with Crippen LogP contribution in [0.4, 0.5) is 25.8 Å². The standard InChI is InChI=1S/C13H10Cl2FNO2S.C7H7BrClNO2S.C6H5BClFO2.C6H5BrClN.CH4.B/c1-20(18,19)17-9-3-4-10(12(15)7-9)8-2-5-11(14)13(16)6-8;1-13(11,12)10-5-2-3-6(8)7(9)4-5;8-5-2-1-4(7(10)11)3-6(5)9;7-5-2-1-4(9)3-6(5)8;;/h2-7,17H,1H3;2-4,10H,1H3;1-3,10-11H;1-3H,9H2;1H4;. The zero-order valence-electron chi connectivity index (χ0n) is 27.6. The molecule has 3 radical (unpaired) electrons. The molecule has 0 bridgehead atoms. The van der Waals surface area contributed by atoms with E-state index in [0.29, 0.717) is 43.3 Å². The minimum atomic E-state index is -3.37. The van der Waals surface area contributed by atoms with E-state index >= 15 is 0 Å². The maximum atomic E-state index is 13.4. The van der Waals surface area contributed by atoms with Gasteiger partial charge >= 0.3 is 7.12 Å². The summed E-state index contributed by atoms with van der Waals surface area (Å²) in [5.74, 6) is -1.20. The van der Waals surface area contributed by atoms with E-state index in [0.717, 1.165) is 27.5 Å². The molecule has 0 atom stereocenters. The largest absolute Gasteiger partial charge is 0.488 e. The summed E-state index contributed by atoms with van der Waals surface area (Å²) < 4.78 is 76.2. The second kappa shape index (κ2) is 23.8. The van der Waals surface area contributed by atoms with Crippen molar-refractivity contribution in [1.29, 1.82) is 0 Å². The molecule has 5 aromatic carbocycles. The Balaban J connectivity index is 0.000000732. The summed E-state index contributed by atoms with van der Waals surface area (Å²) in [4.78, 5) is 0. The minimum absolute atomic E-state index is 0. The van der Waals surface area contributed by atoms with Gasteiger partial charge in [-0.05, 0) is 116 Å². The topological polar surface area (TPSA) is 159 Å². The predicted octanol–water partition coefficient (Wildman–Crippen LogP) is 9.74. The van der Waals surface area contributed by atoms with Crippen LogP contribution in [0.15, 0.2) is 99.9 Å². The molecule has 0 unspecified atom stereocenters. The lowest BCUT2D eigenvalue weighted by molar-refractivity contribution is 0.425. The highest BCUT2D eigenvalue weighted by molar-refractivity contribution is 9.10. The number of sulfonamides is 2. The number of nitrogens with two attached hydrogens (primary N) is 1. The van der Waals surface area contributed by atoms with Crippen LogP contribution in [-0.4, -0.2) is 54.9 Å². The number of nitrogen functional groups attached to an aromatic ring is 1. The Bertz CT molecular complexity index is 2290. The summed E-state index contributed by atoms with van der Waals surface area (Å²) in [5, 5.41) is 18.6. The first-order chi connectivity index (χ1) is 24.5. The molecule has 0 aliphatic heterocycles. The van der Waals surface area contributed by atoms with Gasteiger partial charge in [0.15, 0.2) is 0 Å². The van der Waals surface area contributed by atoms with Crippen molar-refractivity contribution in [1.82, 2.24) is 0 Å². The number of halogens is 9. The van der Waals surface area contributed by atoms with Crippen molar-refractivity contribution in [3.05, 3.63) is 137 Å². The van der Waals surface area contributed by atoms with E-state index in [1.807, 2.05) is 6.07 Å². The highest BCUT2D eigenvalue weighted by Crippen LogP contribution is 2.32. The molecule has 0 amide bonds. The van der Waals surface area contributed by atoms with Crippen molar-refractivity contribution in [3.8, 4) is 11.1 Å². The molecule has 0 saturated heterocycles. The van der Waals surface area contributed by atoms with E-state index in [-0.39, 0.29) is 31.3 Å². The SMILES string of the molecule is C.CS(=O)(=O)Nc1ccc(-c2ccc(Cl)c(F)c2)c(Cl)c1.CS(=O)(=O)Nc1ccc(Br)c(Cl)c1.Nc1ccc(Br)c(Cl)c1.OB(O)c1ccc(Cl)c(F)c1.[B]. The lowest BCUT2D eigenvalue weighted by Gasteiger charge is -2.09. The predicted molar refractivity (Wildman–Crippen MR) is 235 cm³/mol. The van der Waals surface area contributed by atoms with Crippen LogP contribution in [0, 0.1) is 11.6 Å². The van der Waals surface area contributed by atoms with Crippen LogP contribution in [0.25, 0.3) is 11.1 Å². The number of benzene rings is 5. The van der Waals surface area contributed by atoms with Crippen molar-refractivity contribution in [2.45, 2.75) is 7.43 Å². The van der Waals surface area contributed by atoms with E-state index in [1.54, 1.807) is 42.5 Å². The number of nitrogens with one attached hydrogen (secondary N) is 2. The Kier molecular flexibility index (Phi) is 22.8. The van der Waals surface area contributed by atoms with Crippen molar-refractivity contribution >= 4 is 148 Å². The summed E-state index contributed by atoms with van der Waals surface area (Å²) in [6.45, 7) is 0. The summed E-state index contributed by atoms with van der Waals surface area (Å²) in [5.41, 5.74) is 8.14. The van der Waals surface area contributed by atoms with Gasteiger partial charge in [-0.15, -0.1) is 0 Å². The molecule has 9 nitrogen and oxygen atoms in total. The van der Waals surface area contributed by atoms with Gasteiger partial charge in [0.1, 0.15) is 11.6 Å². The lowest BCUT2D eigenvalue weighted by atomic mass is 9.80. The first-order valence-electron chi connectivity index (χ1n) is 14.1. The van der Waals surface area contributed by atoms with Crippen molar-refractivity contribution in [3.63, 3.8) is 0 Å². The molecule has 0 fully saturated rings. The molecule has 6 N–H and O–H groups in total. The second-order valence-electron chi connectivity index (χ2n) is 10.4. The monoisotopic (exact) mass is 1020 g/mol. The Morgan fingerprint density at radius 2 is 1.05 bits per heavy atom. The molecule has 0 aliphatic carbocycles.